The van der Waals surface area contributed by atoms with Crippen molar-refractivity contribution in [3.63, 3.8) is 0 Å². The molecule has 3 atom stereocenters. The molecule has 1 rings (SSSR count). The summed E-state index contributed by atoms with van der Waals surface area (Å²) in [7, 11) is 0. The third-order valence-electron chi connectivity index (χ3n) is 3.30. The molecule has 0 saturated carbocycles. The minimum absolute atomic E-state index is 0. The second kappa shape index (κ2) is 13.8. The third kappa shape index (κ3) is 12.2. The van der Waals surface area contributed by atoms with Gasteiger partial charge in [0.05, 0.1) is 18.1 Å². The summed E-state index contributed by atoms with van der Waals surface area (Å²) < 4.78 is 0. The maximum absolute atomic E-state index is 12.5. The van der Waals surface area contributed by atoms with E-state index in [1.165, 1.54) is 6.66 Å². The van der Waals surface area contributed by atoms with E-state index in [1.54, 1.807) is 0 Å². The number of benzene rings is 1. The van der Waals surface area contributed by atoms with Crippen LogP contribution >= 0.6 is 6.42 Å². The summed E-state index contributed by atoms with van der Waals surface area (Å²) in [5, 5.41) is 16.3. The van der Waals surface area contributed by atoms with Crippen LogP contribution in [0.5, 0.6) is 0 Å². The van der Waals surface area contributed by atoms with Crippen molar-refractivity contribution in [1.82, 2.24) is 10.4 Å². The Balaban J connectivity index is 0. The first-order valence-electron chi connectivity index (χ1n) is 7.70. The van der Waals surface area contributed by atoms with Gasteiger partial charge in [-0.2, -0.15) is 0 Å². The molecular formula is C16H23N2Na2O4PS. The molecule has 0 aliphatic heterocycles. The van der Waals surface area contributed by atoms with Crippen molar-refractivity contribution in [2.75, 3.05) is 6.66 Å². The molecule has 10 heteroatoms. The van der Waals surface area contributed by atoms with Gasteiger partial charge in [-0.1, -0.05) is 62.4 Å². The molecule has 1 aromatic rings. The van der Waals surface area contributed by atoms with Crippen LogP contribution in [0.3, 0.4) is 0 Å². The quantitative estimate of drug-likeness (QED) is 0.307. The second-order valence-electron chi connectivity index (χ2n) is 6.23. The fourth-order valence-electron chi connectivity index (χ4n) is 2.29. The molecule has 26 heavy (non-hydrogen) atoms. The van der Waals surface area contributed by atoms with Crippen molar-refractivity contribution in [3.05, 3.63) is 35.9 Å². The summed E-state index contributed by atoms with van der Waals surface area (Å²) in [5.74, 6) is -1.82. The molecule has 0 aromatic heterocycles. The van der Waals surface area contributed by atoms with Crippen molar-refractivity contribution in [2.24, 2.45) is 5.92 Å². The average Bonchev–Trinajstić information content (AvgIpc) is 2.45. The van der Waals surface area contributed by atoms with Gasteiger partial charge in [0.25, 0.3) is 0 Å². The third-order valence-corrected chi connectivity index (χ3v) is 4.39. The number of hydrogen-bond acceptors (Lipinski definition) is 5. The van der Waals surface area contributed by atoms with Gasteiger partial charge >= 0.3 is 59.1 Å². The van der Waals surface area contributed by atoms with Crippen molar-refractivity contribution in [1.29, 1.82) is 0 Å². The van der Waals surface area contributed by atoms with Crippen LogP contribution in [0.1, 0.15) is 25.8 Å². The van der Waals surface area contributed by atoms with E-state index in [4.69, 9.17) is 11.8 Å². The first kappa shape index (κ1) is 28.9. The first-order chi connectivity index (χ1) is 11.1. The average molecular weight is 416 g/mol. The van der Waals surface area contributed by atoms with Crippen LogP contribution in [0, 0.1) is 5.92 Å². The molecule has 0 heterocycles. The summed E-state index contributed by atoms with van der Waals surface area (Å²) in [6.45, 7) is 5.05. The molecule has 0 saturated heterocycles. The minimum atomic E-state index is -3.10. The van der Waals surface area contributed by atoms with Crippen LogP contribution in [0.25, 0.3) is 0 Å². The Morgan fingerprint density at radius 2 is 1.69 bits per heavy atom. The Bertz CT molecular complexity index is 614. The molecule has 0 bridgehead atoms. The number of hydrogen-bond donors (Lipinski definition) is 2. The normalized spacial score (nSPS) is 15.0. The first-order valence-corrected chi connectivity index (χ1v) is 10.9. The van der Waals surface area contributed by atoms with Crippen molar-refractivity contribution >= 4 is 30.1 Å². The number of amides is 1. The largest absolute Gasteiger partial charge is 1.00 e. The Morgan fingerprint density at radius 3 is 2.12 bits per heavy atom. The Morgan fingerprint density at radius 1 is 1.15 bits per heavy atom. The van der Waals surface area contributed by atoms with E-state index >= 15 is 0 Å². The summed E-state index contributed by atoms with van der Waals surface area (Å²) in [6.07, 6.45) is -2.59. The zero-order valence-corrected chi connectivity index (χ0v) is 21.7. The van der Waals surface area contributed by atoms with Gasteiger partial charge in [0.2, 0.25) is 5.91 Å². The van der Waals surface area contributed by atoms with Gasteiger partial charge in [-0.25, -0.2) is 0 Å². The van der Waals surface area contributed by atoms with Crippen molar-refractivity contribution < 1.29 is 78.7 Å². The van der Waals surface area contributed by atoms with E-state index in [0.717, 1.165) is 5.56 Å². The summed E-state index contributed by atoms with van der Waals surface area (Å²) in [6, 6.07) is 7.18. The van der Waals surface area contributed by atoms with E-state index in [1.807, 2.05) is 44.2 Å². The monoisotopic (exact) mass is 416 g/mol. The Kier molecular flexibility index (Phi) is 15.4. The number of rotatable bonds is 9. The molecule has 0 aliphatic carbocycles. The van der Waals surface area contributed by atoms with Gasteiger partial charge in [0.1, 0.15) is 0 Å². The van der Waals surface area contributed by atoms with E-state index in [0.29, 0.717) is 0 Å². The Labute approximate surface area is 204 Å². The molecule has 2 N–H and O–H groups in total. The zero-order chi connectivity index (χ0) is 18.3. The molecule has 0 spiro atoms. The standard InChI is InChI=1S/C16H25N2O4PS.2Na/c1-11(2)9-14(16(20)21)17-15(19)13(18-23(3,22)24)10-12-7-5-4-6-8-12;;/h4-8,11,13-14H,9-10H2,1-3H3,(H,17,19)(H,20,21)(H2,18,22,24);;/q;2*+1/p-2. The van der Waals surface area contributed by atoms with Crippen molar-refractivity contribution in [2.45, 2.75) is 38.8 Å². The van der Waals surface area contributed by atoms with Crippen LogP contribution in [0.4, 0.5) is 0 Å². The SMILES string of the molecule is CC(C)CC(NC(=O)C(Cc1ccccc1)NP(C)([O-])=S)C(=O)[O-].[Na+].[Na+]. The van der Waals surface area contributed by atoms with E-state index in [-0.39, 0.29) is 77.9 Å². The maximum Gasteiger partial charge on any atom is 1.00 e. The van der Waals surface area contributed by atoms with Gasteiger partial charge in [-0.3, -0.25) is 9.88 Å². The van der Waals surface area contributed by atoms with Crippen molar-refractivity contribution in [3.8, 4) is 0 Å². The summed E-state index contributed by atoms with van der Waals surface area (Å²) in [4.78, 5) is 35.6. The predicted molar refractivity (Wildman–Crippen MR) is 93.7 cm³/mol. The van der Waals surface area contributed by atoms with Crippen LogP contribution in [0.2, 0.25) is 0 Å². The topological polar surface area (TPSA) is 104 Å². The molecule has 3 unspecified atom stereocenters. The predicted octanol–water partition coefficient (Wildman–Crippen LogP) is -6.22. The van der Waals surface area contributed by atoms with Gasteiger partial charge in [0.15, 0.2) is 0 Å². The van der Waals surface area contributed by atoms with Gasteiger partial charge < -0.3 is 20.1 Å². The van der Waals surface area contributed by atoms with E-state index in [9.17, 15) is 19.6 Å². The van der Waals surface area contributed by atoms with Gasteiger partial charge in [0, 0.05) is 0 Å². The molecule has 6 nitrogen and oxygen atoms in total. The molecule has 0 fully saturated rings. The fraction of sp³-hybridized carbons (Fsp3) is 0.500. The molecular weight excluding hydrogens is 393 g/mol. The van der Waals surface area contributed by atoms with Crippen LogP contribution in [0.15, 0.2) is 30.3 Å². The molecule has 1 amide bonds. The molecule has 0 radical (unpaired) electrons. The number of carbonyl (C=O) groups excluding carboxylic acids is 2. The summed E-state index contributed by atoms with van der Waals surface area (Å²) in [5.41, 5.74) is 0.849. The summed E-state index contributed by atoms with van der Waals surface area (Å²) >= 11 is 4.87. The molecule has 134 valence electrons. The van der Waals surface area contributed by atoms with Crippen LogP contribution in [-0.4, -0.2) is 30.6 Å². The maximum atomic E-state index is 12.5. The molecule has 1 aromatic carbocycles. The van der Waals surface area contributed by atoms with Crippen LogP contribution < -0.4 is 79.5 Å². The zero-order valence-electron chi connectivity index (χ0n) is 16.0. The number of carboxylic acids is 1. The minimum Gasteiger partial charge on any atom is -0.810 e. The number of nitrogens with one attached hydrogen (secondary N) is 2. The smallest absolute Gasteiger partial charge is 0.810 e. The van der Waals surface area contributed by atoms with E-state index < -0.39 is 30.4 Å². The number of carboxylic acid groups (broad SMARTS) is 1. The van der Waals surface area contributed by atoms with Gasteiger partial charge in [-0.05, 0) is 31.0 Å². The Hall–Kier alpha value is 0.730. The van der Waals surface area contributed by atoms with Crippen LogP contribution in [-0.2, 0) is 27.8 Å². The fourth-order valence-corrected chi connectivity index (χ4v) is 3.44. The van der Waals surface area contributed by atoms with E-state index in [2.05, 4.69) is 10.4 Å². The molecule has 0 aliphatic rings. The van der Waals surface area contributed by atoms with Gasteiger partial charge in [-0.15, -0.1) is 0 Å². The number of carbonyl (C=O) groups is 2. The number of aliphatic carboxylic acids is 1. The second-order valence-corrected chi connectivity index (χ2v) is 10.3.